The summed E-state index contributed by atoms with van der Waals surface area (Å²) in [6.45, 7) is 5.84. The molecule has 0 fully saturated rings. The molecular formula is C10H18. The van der Waals surface area contributed by atoms with Gasteiger partial charge in [0.05, 0.1) is 0 Å². The molecule has 0 saturated heterocycles. The van der Waals surface area contributed by atoms with E-state index in [1.54, 1.807) is 0 Å². The molecular weight excluding hydrogens is 120 g/mol. The Labute approximate surface area is 64.6 Å². The van der Waals surface area contributed by atoms with E-state index in [1.807, 2.05) is 12.2 Å². The van der Waals surface area contributed by atoms with Crippen molar-refractivity contribution in [2.75, 3.05) is 0 Å². The molecule has 10 heavy (non-hydrogen) atoms. The minimum Gasteiger partial charge on any atom is -0.0991 e. The summed E-state index contributed by atoms with van der Waals surface area (Å²) in [7, 11) is 0. The van der Waals surface area contributed by atoms with Gasteiger partial charge in [-0.1, -0.05) is 51.0 Å². The van der Waals surface area contributed by atoms with E-state index >= 15 is 0 Å². The van der Waals surface area contributed by atoms with Gasteiger partial charge in [-0.2, -0.15) is 0 Å². The zero-order chi connectivity index (χ0) is 7.66. The molecule has 0 spiro atoms. The minimum atomic E-state index is 1.21. The monoisotopic (exact) mass is 138 g/mol. The highest BCUT2D eigenvalue weighted by Crippen LogP contribution is 2.02. The molecule has 0 bridgehead atoms. The summed E-state index contributed by atoms with van der Waals surface area (Å²) < 4.78 is 0. The van der Waals surface area contributed by atoms with Crippen LogP contribution in [0.5, 0.6) is 0 Å². The minimum absolute atomic E-state index is 1.21. The van der Waals surface area contributed by atoms with Crippen LogP contribution < -0.4 is 0 Å². The Balaban J connectivity index is 2.90. The Hall–Kier alpha value is -0.520. The molecule has 0 unspecified atom stereocenters. The molecule has 0 aliphatic carbocycles. The summed E-state index contributed by atoms with van der Waals surface area (Å²) in [6, 6.07) is 0. The lowest BCUT2D eigenvalue weighted by atomic mass is 10.1. The van der Waals surface area contributed by atoms with Crippen molar-refractivity contribution in [2.45, 2.75) is 39.0 Å². The molecule has 0 N–H and O–H groups in total. The van der Waals surface area contributed by atoms with E-state index in [9.17, 15) is 0 Å². The molecule has 0 saturated carbocycles. The van der Waals surface area contributed by atoms with Gasteiger partial charge in [-0.05, 0) is 12.8 Å². The average molecular weight is 138 g/mol. The first-order valence-corrected chi connectivity index (χ1v) is 4.19. The van der Waals surface area contributed by atoms with Gasteiger partial charge < -0.3 is 0 Å². The molecule has 0 aliphatic heterocycles. The largest absolute Gasteiger partial charge is 0.0991 e. The van der Waals surface area contributed by atoms with Gasteiger partial charge in [-0.15, -0.1) is 0 Å². The summed E-state index contributed by atoms with van der Waals surface area (Å²) >= 11 is 0. The number of unbranched alkanes of at least 4 members (excludes halogenated alkanes) is 4. The number of allylic oxidation sites excluding steroid dienone is 3. The lowest BCUT2D eigenvalue weighted by molar-refractivity contribution is 0.674. The first kappa shape index (κ1) is 9.48. The Bertz CT molecular complexity index is 90.2. The van der Waals surface area contributed by atoms with E-state index in [1.165, 1.54) is 32.1 Å². The van der Waals surface area contributed by atoms with E-state index in [0.717, 1.165) is 0 Å². The topological polar surface area (TPSA) is 0 Å². The average Bonchev–Trinajstić information content (AvgIpc) is 1.97. The van der Waals surface area contributed by atoms with Crippen molar-refractivity contribution in [3.8, 4) is 0 Å². The maximum atomic E-state index is 3.61. The molecule has 0 rings (SSSR count). The van der Waals surface area contributed by atoms with Crippen LogP contribution in [0.4, 0.5) is 0 Å². The highest BCUT2D eigenvalue weighted by Gasteiger charge is 1.82. The van der Waals surface area contributed by atoms with Gasteiger partial charge in [-0.3, -0.25) is 0 Å². The van der Waals surface area contributed by atoms with E-state index in [2.05, 4.69) is 19.6 Å². The van der Waals surface area contributed by atoms with Crippen molar-refractivity contribution in [3.05, 3.63) is 24.8 Å². The number of hydrogen-bond donors (Lipinski definition) is 0. The Morgan fingerprint density at radius 2 is 2.00 bits per heavy atom. The molecule has 0 aromatic carbocycles. The smallest absolute Gasteiger partial charge is 0.0348 e. The molecule has 0 atom stereocenters. The summed E-state index contributed by atoms with van der Waals surface area (Å²) in [5, 5.41) is 0. The summed E-state index contributed by atoms with van der Waals surface area (Å²) in [5.74, 6) is 0. The van der Waals surface area contributed by atoms with Gasteiger partial charge in [0.1, 0.15) is 0 Å². The molecule has 0 heteroatoms. The molecule has 0 aliphatic rings. The van der Waals surface area contributed by atoms with Crippen LogP contribution in [-0.2, 0) is 0 Å². The second-order valence-corrected chi connectivity index (χ2v) is 2.51. The third-order valence-electron chi connectivity index (χ3n) is 1.50. The molecule has 58 valence electrons. The quantitative estimate of drug-likeness (QED) is 0.388. The van der Waals surface area contributed by atoms with Crippen LogP contribution in [-0.4, -0.2) is 0 Å². The van der Waals surface area contributed by atoms with Gasteiger partial charge in [0.25, 0.3) is 0 Å². The summed E-state index contributed by atoms with van der Waals surface area (Å²) in [5.41, 5.74) is 0. The third-order valence-corrected chi connectivity index (χ3v) is 1.50. The molecule has 0 aromatic rings. The highest BCUT2D eigenvalue weighted by atomic mass is 13.9. The maximum Gasteiger partial charge on any atom is -0.0348 e. The van der Waals surface area contributed by atoms with Gasteiger partial charge in [0, 0.05) is 0 Å². The van der Waals surface area contributed by atoms with E-state index in [0.29, 0.717) is 0 Å². The fourth-order valence-electron chi connectivity index (χ4n) is 0.881. The summed E-state index contributed by atoms with van der Waals surface area (Å²) in [6.07, 6.45) is 12.7. The first-order chi connectivity index (χ1) is 4.91. The molecule has 0 radical (unpaired) electrons. The van der Waals surface area contributed by atoms with Crippen molar-refractivity contribution in [3.63, 3.8) is 0 Å². The van der Waals surface area contributed by atoms with Crippen molar-refractivity contribution in [2.24, 2.45) is 0 Å². The predicted molar refractivity (Wildman–Crippen MR) is 48.1 cm³/mol. The normalized spacial score (nSPS) is 10.5. The van der Waals surface area contributed by atoms with Gasteiger partial charge in [-0.25, -0.2) is 0 Å². The second kappa shape index (κ2) is 8.48. The zero-order valence-corrected chi connectivity index (χ0v) is 6.97. The molecule has 0 aromatic heterocycles. The summed E-state index contributed by atoms with van der Waals surface area (Å²) in [4.78, 5) is 0. The Morgan fingerprint density at radius 3 is 2.60 bits per heavy atom. The predicted octanol–water partition coefficient (Wildman–Crippen LogP) is 3.70. The van der Waals surface area contributed by atoms with Crippen LogP contribution in [0.3, 0.4) is 0 Å². The van der Waals surface area contributed by atoms with Crippen LogP contribution >= 0.6 is 0 Å². The van der Waals surface area contributed by atoms with Gasteiger partial charge in [0.2, 0.25) is 0 Å². The lowest BCUT2D eigenvalue weighted by Crippen LogP contribution is -1.72. The number of hydrogen-bond acceptors (Lipinski definition) is 0. The van der Waals surface area contributed by atoms with Crippen molar-refractivity contribution in [1.82, 2.24) is 0 Å². The van der Waals surface area contributed by atoms with Gasteiger partial charge in [0.15, 0.2) is 0 Å². The van der Waals surface area contributed by atoms with Crippen molar-refractivity contribution >= 4 is 0 Å². The second-order valence-electron chi connectivity index (χ2n) is 2.51. The van der Waals surface area contributed by atoms with Crippen LogP contribution in [0, 0.1) is 0 Å². The fourth-order valence-corrected chi connectivity index (χ4v) is 0.881. The van der Waals surface area contributed by atoms with Crippen molar-refractivity contribution in [1.29, 1.82) is 0 Å². The van der Waals surface area contributed by atoms with Crippen molar-refractivity contribution < 1.29 is 0 Å². The molecule has 0 amide bonds. The third kappa shape index (κ3) is 7.48. The Morgan fingerprint density at radius 1 is 1.20 bits per heavy atom. The molecule has 0 nitrogen and oxygen atoms in total. The van der Waals surface area contributed by atoms with Crippen LogP contribution in [0.2, 0.25) is 0 Å². The fraction of sp³-hybridized carbons (Fsp3) is 0.600. The highest BCUT2D eigenvalue weighted by molar-refractivity contribution is 4.96. The van der Waals surface area contributed by atoms with Crippen LogP contribution in [0.25, 0.3) is 0 Å². The van der Waals surface area contributed by atoms with Crippen LogP contribution in [0.1, 0.15) is 39.0 Å². The number of rotatable bonds is 6. The standard InChI is InChI=1S/C10H18/c1-3-5-7-9-10-8-6-4-2/h3,5,7H,1,4,6,8-10H2,2H3. The zero-order valence-electron chi connectivity index (χ0n) is 6.97. The molecule has 0 heterocycles. The SMILES string of the molecule is C=CC=CCCCCCC. The first-order valence-electron chi connectivity index (χ1n) is 4.19. The maximum absolute atomic E-state index is 3.61. The van der Waals surface area contributed by atoms with Gasteiger partial charge >= 0.3 is 0 Å². The van der Waals surface area contributed by atoms with E-state index in [4.69, 9.17) is 0 Å². The van der Waals surface area contributed by atoms with Crippen LogP contribution in [0.15, 0.2) is 24.8 Å². The lowest BCUT2D eigenvalue weighted by Gasteiger charge is -1.92. The van der Waals surface area contributed by atoms with E-state index in [-0.39, 0.29) is 0 Å². The Kier molecular flexibility index (Phi) is 8.04. The van der Waals surface area contributed by atoms with E-state index < -0.39 is 0 Å².